The van der Waals surface area contributed by atoms with Crippen molar-refractivity contribution in [1.29, 1.82) is 0 Å². The van der Waals surface area contributed by atoms with E-state index in [1.165, 1.54) is 6.07 Å². The largest absolute Gasteiger partial charge is 0.473 e. The number of carbonyl (C=O) groups is 2. The molecular formula is C23H22N2O5. The normalized spacial score (nSPS) is 10.3. The lowest BCUT2D eigenvalue weighted by Gasteiger charge is -2.10. The number of esters is 1. The summed E-state index contributed by atoms with van der Waals surface area (Å²) in [4.78, 5) is 32.2. The van der Waals surface area contributed by atoms with E-state index in [0.717, 1.165) is 11.1 Å². The molecule has 0 aliphatic carbocycles. The Bertz CT molecular complexity index is 916. The van der Waals surface area contributed by atoms with Crippen LogP contribution in [-0.2, 0) is 34.0 Å². The molecule has 3 rings (SSSR count). The Hall–Kier alpha value is -3.74. The second kappa shape index (κ2) is 10.7. The van der Waals surface area contributed by atoms with Crippen LogP contribution in [0.1, 0.15) is 23.7 Å². The number of benzene rings is 2. The number of ether oxygens (including phenoxy) is 3. The highest BCUT2D eigenvalue weighted by atomic mass is 16.5. The van der Waals surface area contributed by atoms with Crippen molar-refractivity contribution in [2.24, 2.45) is 0 Å². The van der Waals surface area contributed by atoms with Gasteiger partial charge in [-0.25, -0.2) is 4.79 Å². The van der Waals surface area contributed by atoms with Crippen LogP contribution in [0.15, 0.2) is 66.7 Å². The first-order chi connectivity index (χ1) is 14.6. The van der Waals surface area contributed by atoms with E-state index < -0.39 is 11.8 Å². The van der Waals surface area contributed by atoms with Gasteiger partial charge < -0.3 is 14.2 Å². The molecule has 1 aromatic heterocycles. The van der Waals surface area contributed by atoms with Crippen molar-refractivity contribution in [3.8, 4) is 11.9 Å². The zero-order valence-corrected chi connectivity index (χ0v) is 16.6. The molecule has 0 bridgehead atoms. The Labute approximate surface area is 174 Å². The van der Waals surface area contributed by atoms with Gasteiger partial charge in [0, 0.05) is 6.07 Å². The SMILES string of the molecule is CCOC(=O)C(=O)Cc1cc(OCc2ccccc2)nc(OCc2ccccc2)n1. The number of nitrogens with zero attached hydrogens (tertiary/aromatic N) is 2. The molecule has 0 N–H and O–H groups in total. The number of hydrogen-bond donors (Lipinski definition) is 0. The van der Waals surface area contributed by atoms with Crippen molar-refractivity contribution >= 4 is 11.8 Å². The molecule has 30 heavy (non-hydrogen) atoms. The van der Waals surface area contributed by atoms with Gasteiger partial charge in [-0.2, -0.15) is 9.97 Å². The first-order valence-electron chi connectivity index (χ1n) is 9.55. The van der Waals surface area contributed by atoms with Gasteiger partial charge in [0.2, 0.25) is 11.7 Å². The Balaban J connectivity index is 1.75. The first-order valence-corrected chi connectivity index (χ1v) is 9.55. The molecule has 0 unspecified atom stereocenters. The summed E-state index contributed by atoms with van der Waals surface area (Å²) in [5.41, 5.74) is 2.22. The Morgan fingerprint density at radius 1 is 0.833 bits per heavy atom. The number of rotatable bonds is 10. The van der Waals surface area contributed by atoms with Gasteiger partial charge >= 0.3 is 12.0 Å². The number of aromatic nitrogens is 2. The first kappa shape index (κ1) is 21.0. The maximum absolute atomic E-state index is 12.1. The van der Waals surface area contributed by atoms with Crippen LogP contribution in [0.25, 0.3) is 0 Å². The average Bonchev–Trinajstić information content (AvgIpc) is 2.78. The van der Waals surface area contributed by atoms with E-state index in [1.54, 1.807) is 6.92 Å². The van der Waals surface area contributed by atoms with Crippen LogP contribution in [0.2, 0.25) is 0 Å². The lowest BCUT2D eigenvalue weighted by molar-refractivity contribution is -0.153. The van der Waals surface area contributed by atoms with Crippen LogP contribution in [0.5, 0.6) is 11.9 Å². The van der Waals surface area contributed by atoms with Gasteiger partial charge in [0.15, 0.2) is 0 Å². The van der Waals surface area contributed by atoms with E-state index in [-0.39, 0.29) is 31.5 Å². The summed E-state index contributed by atoms with van der Waals surface area (Å²) >= 11 is 0. The van der Waals surface area contributed by atoms with E-state index in [2.05, 4.69) is 9.97 Å². The van der Waals surface area contributed by atoms with E-state index >= 15 is 0 Å². The minimum atomic E-state index is -0.894. The van der Waals surface area contributed by atoms with Gasteiger partial charge in [-0.1, -0.05) is 60.7 Å². The van der Waals surface area contributed by atoms with Crippen LogP contribution in [0, 0.1) is 0 Å². The summed E-state index contributed by atoms with van der Waals surface area (Å²) in [7, 11) is 0. The fourth-order valence-electron chi connectivity index (χ4n) is 2.58. The molecule has 0 aliphatic heterocycles. The molecule has 7 nitrogen and oxygen atoms in total. The molecular weight excluding hydrogens is 384 g/mol. The van der Waals surface area contributed by atoms with Crippen molar-refractivity contribution in [1.82, 2.24) is 9.97 Å². The van der Waals surface area contributed by atoms with Crippen LogP contribution >= 0.6 is 0 Å². The van der Waals surface area contributed by atoms with Crippen LogP contribution in [-0.4, -0.2) is 28.3 Å². The Morgan fingerprint density at radius 3 is 2.03 bits per heavy atom. The van der Waals surface area contributed by atoms with Gasteiger partial charge in [0.05, 0.1) is 18.7 Å². The lowest BCUT2D eigenvalue weighted by Crippen LogP contribution is -2.20. The highest BCUT2D eigenvalue weighted by Crippen LogP contribution is 2.18. The summed E-state index contributed by atoms with van der Waals surface area (Å²) in [5, 5.41) is 0. The molecule has 0 atom stereocenters. The maximum atomic E-state index is 12.1. The second-order valence-electron chi connectivity index (χ2n) is 6.35. The average molecular weight is 406 g/mol. The number of Topliss-reactive ketones (excluding diaryl/α,β-unsaturated/α-hetero) is 1. The second-order valence-corrected chi connectivity index (χ2v) is 6.35. The monoisotopic (exact) mass is 406 g/mol. The summed E-state index contributed by atoms with van der Waals surface area (Å²) < 4.78 is 16.2. The van der Waals surface area contributed by atoms with Gasteiger partial charge in [-0.15, -0.1) is 0 Å². The zero-order valence-electron chi connectivity index (χ0n) is 16.6. The van der Waals surface area contributed by atoms with Gasteiger partial charge in [-0.3, -0.25) is 4.79 Å². The molecule has 0 saturated carbocycles. The third-order valence-corrected chi connectivity index (χ3v) is 4.02. The minimum Gasteiger partial charge on any atom is -0.473 e. The summed E-state index contributed by atoms with van der Waals surface area (Å²) in [5.74, 6) is -1.34. The fraction of sp³-hybridized carbons (Fsp3) is 0.217. The molecule has 0 spiro atoms. The third kappa shape index (κ3) is 6.41. The van der Waals surface area contributed by atoms with Crippen molar-refractivity contribution in [3.05, 3.63) is 83.6 Å². The number of ketones is 1. The minimum absolute atomic E-state index is 0.0658. The van der Waals surface area contributed by atoms with Crippen molar-refractivity contribution in [2.45, 2.75) is 26.6 Å². The van der Waals surface area contributed by atoms with Gasteiger partial charge in [-0.05, 0) is 18.1 Å². The summed E-state index contributed by atoms with van der Waals surface area (Å²) in [6.07, 6.45) is -0.231. The standard InChI is InChI=1S/C23H22N2O5/c1-2-28-22(27)20(26)13-19-14-21(29-15-17-9-5-3-6-10-17)25-23(24-19)30-16-18-11-7-4-8-12-18/h3-12,14H,2,13,15-16H2,1H3. The molecule has 1 heterocycles. The summed E-state index contributed by atoms with van der Waals surface area (Å²) in [6.45, 7) is 2.32. The molecule has 0 aliphatic rings. The van der Waals surface area contributed by atoms with E-state index in [0.29, 0.717) is 12.3 Å². The quantitative estimate of drug-likeness (QED) is 0.377. The van der Waals surface area contributed by atoms with E-state index in [9.17, 15) is 9.59 Å². The van der Waals surface area contributed by atoms with Crippen LogP contribution < -0.4 is 9.47 Å². The molecule has 0 radical (unpaired) electrons. The van der Waals surface area contributed by atoms with Crippen LogP contribution in [0.4, 0.5) is 0 Å². The predicted molar refractivity (Wildman–Crippen MR) is 109 cm³/mol. The maximum Gasteiger partial charge on any atom is 0.375 e. The topological polar surface area (TPSA) is 87.6 Å². The van der Waals surface area contributed by atoms with Crippen LogP contribution in [0.3, 0.4) is 0 Å². The molecule has 154 valence electrons. The number of carbonyl (C=O) groups excluding carboxylic acids is 2. The molecule has 0 fully saturated rings. The third-order valence-electron chi connectivity index (χ3n) is 4.02. The predicted octanol–water partition coefficient (Wildman–Crippen LogP) is 3.31. The van der Waals surface area contributed by atoms with Crippen molar-refractivity contribution in [2.75, 3.05) is 6.61 Å². The molecule has 0 saturated heterocycles. The van der Waals surface area contributed by atoms with Crippen molar-refractivity contribution < 1.29 is 23.8 Å². The fourth-order valence-corrected chi connectivity index (χ4v) is 2.58. The van der Waals surface area contributed by atoms with Gasteiger partial charge in [0.25, 0.3) is 0 Å². The molecule has 7 heteroatoms. The van der Waals surface area contributed by atoms with Gasteiger partial charge in [0.1, 0.15) is 13.2 Å². The Morgan fingerprint density at radius 2 is 1.43 bits per heavy atom. The zero-order chi connectivity index (χ0) is 21.2. The smallest absolute Gasteiger partial charge is 0.375 e. The summed E-state index contributed by atoms with van der Waals surface area (Å²) in [6, 6.07) is 20.8. The van der Waals surface area contributed by atoms with Crippen molar-refractivity contribution in [3.63, 3.8) is 0 Å². The van der Waals surface area contributed by atoms with E-state index in [4.69, 9.17) is 14.2 Å². The lowest BCUT2D eigenvalue weighted by atomic mass is 10.2. The Kier molecular flexibility index (Phi) is 7.49. The number of hydrogen-bond acceptors (Lipinski definition) is 7. The molecule has 3 aromatic rings. The highest BCUT2D eigenvalue weighted by Gasteiger charge is 2.18. The van der Waals surface area contributed by atoms with E-state index in [1.807, 2.05) is 60.7 Å². The molecule has 0 amide bonds. The highest BCUT2D eigenvalue weighted by molar-refractivity contribution is 6.34. The molecule has 2 aromatic carbocycles.